The van der Waals surface area contributed by atoms with Gasteiger partial charge in [-0.1, -0.05) is 17.7 Å². The molecule has 0 spiro atoms. The highest BCUT2D eigenvalue weighted by molar-refractivity contribution is 7.07. The molecule has 2 rings (SSSR count). The molecule has 0 bridgehead atoms. The molecule has 8 heteroatoms. The van der Waals surface area contributed by atoms with Gasteiger partial charge in [-0.2, -0.15) is 0 Å². The summed E-state index contributed by atoms with van der Waals surface area (Å²) in [7, 11) is 0. The summed E-state index contributed by atoms with van der Waals surface area (Å²) in [6.45, 7) is 0.262. The largest absolute Gasteiger partial charge is 0.478 e. The Morgan fingerprint density at radius 3 is 2.85 bits per heavy atom. The van der Waals surface area contributed by atoms with E-state index < -0.39 is 12.0 Å². The molecule has 0 fully saturated rings. The summed E-state index contributed by atoms with van der Waals surface area (Å²) in [5.41, 5.74) is 2.39. The van der Waals surface area contributed by atoms with Crippen molar-refractivity contribution in [2.24, 2.45) is 0 Å². The first-order valence-corrected chi connectivity index (χ1v) is 6.83. The number of amides is 2. The lowest BCUT2D eigenvalue weighted by atomic mass is 10.2. The van der Waals surface area contributed by atoms with Gasteiger partial charge in [-0.05, 0) is 12.1 Å². The van der Waals surface area contributed by atoms with Crippen LogP contribution in [0.3, 0.4) is 0 Å². The normalized spacial score (nSPS) is 10.1. The van der Waals surface area contributed by atoms with Crippen molar-refractivity contribution in [2.75, 3.05) is 5.32 Å². The highest BCUT2D eigenvalue weighted by Crippen LogP contribution is 2.24. The van der Waals surface area contributed by atoms with E-state index in [0.29, 0.717) is 0 Å². The second kappa shape index (κ2) is 6.36. The first kappa shape index (κ1) is 14.3. The average Bonchev–Trinajstić information content (AvgIpc) is 2.89. The summed E-state index contributed by atoms with van der Waals surface area (Å²) in [5, 5.41) is 16.0. The summed E-state index contributed by atoms with van der Waals surface area (Å²) in [4.78, 5) is 26.8. The monoisotopic (exact) mass is 311 g/mol. The van der Waals surface area contributed by atoms with Crippen LogP contribution in [0.5, 0.6) is 0 Å². The van der Waals surface area contributed by atoms with Crippen LogP contribution in [0.15, 0.2) is 29.1 Å². The molecule has 0 aliphatic heterocycles. The molecule has 2 aromatic rings. The number of carboxylic acids is 1. The molecule has 0 saturated carbocycles. The second-order valence-corrected chi connectivity index (χ2v) is 4.88. The highest BCUT2D eigenvalue weighted by Gasteiger charge is 2.15. The molecule has 1 heterocycles. The number of carbonyl (C=O) groups excluding carboxylic acids is 1. The van der Waals surface area contributed by atoms with Crippen LogP contribution in [-0.2, 0) is 6.54 Å². The summed E-state index contributed by atoms with van der Waals surface area (Å²) in [6.07, 6.45) is 0. The summed E-state index contributed by atoms with van der Waals surface area (Å²) in [5.74, 6) is -1.20. The number of carbonyl (C=O) groups is 2. The quantitative estimate of drug-likeness (QED) is 0.809. The standard InChI is InChI=1S/C12H10ClN3O3S/c13-8-2-1-3-9(10(8)11(17)18)16-12(19)14-4-7-5-20-6-15-7/h1-3,5-6H,4H2,(H,17,18)(H2,14,16,19). The molecule has 1 aromatic heterocycles. The van der Waals surface area contributed by atoms with Crippen molar-refractivity contribution in [1.29, 1.82) is 0 Å². The average molecular weight is 312 g/mol. The lowest BCUT2D eigenvalue weighted by molar-refractivity contribution is 0.0698. The van der Waals surface area contributed by atoms with Crippen LogP contribution < -0.4 is 10.6 Å². The van der Waals surface area contributed by atoms with E-state index in [0.717, 1.165) is 5.69 Å². The van der Waals surface area contributed by atoms with Crippen molar-refractivity contribution in [3.8, 4) is 0 Å². The molecule has 0 aliphatic rings. The molecule has 0 radical (unpaired) electrons. The minimum atomic E-state index is -1.20. The first-order chi connectivity index (χ1) is 9.58. The third-order valence-electron chi connectivity index (χ3n) is 2.39. The van der Waals surface area contributed by atoms with E-state index in [1.165, 1.54) is 23.5 Å². The number of urea groups is 1. The number of aromatic carboxylic acids is 1. The van der Waals surface area contributed by atoms with Crippen LogP contribution in [-0.4, -0.2) is 22.1 Å². The van der Waals surface area contributed by atoms with Crippen molar-refractivity contribution in [3.63, 3.8) is 0 Å². The Balaban J connectivity index is 2.04. The lowest BCUT2D eigenvalue weighted by Gasteiger charge is -2.10. The van der Waals surface area contributed by atoms with Gasteiger partial charge >= 0.3 is 12.0 Å². The SMILES string of the molecule is O=C(NCc1cscn1)Nc1cccc(Cl)c1C(=O)O. The van der Waals surface area contributed by atoms with Crippen LogP contribution in [0, 0.1) is 0 Å². The van der Waals surface area contributed by atoms with E-state index in [-0.39, 0.29) is 22.8 Å². The highest BCUT2D eigenvalue weighted by atomic mass is 35.5. The number of hydrogen-bond donors (Lipinski definition) is 3. The number of aromatic nitrogens is 1. The van der Waals surface area contributed by atoms with Gasteiger partial charge < -0.3 is 15.7 Å². The van der Waals surface area contributed by atoms with Crippen LogP contribution in [0.2, 0.25) is 5.02 Å². The Bertz CT molecular complexity index is 631. The first-order valence-electron chi connectivity index (χ1n) is 5.51. The number of hydrogen-bond acceptors (Lipinski definition) is 4. The second-order valence-electron chi connectivity index (χ2n) is 3.76. The van der Waals surface area contributed by atoms with Gasteiger partial charge in [0.1, 0.15) is 5.56 Å². The van der Waals surface area contributed by atoms with E-state index in [9.17, 15) is 9.59 Å². The molecule has 3 N–H and O–H groups in total. The number of anilines is 1. The topological polar surface area (TPSA) is 91.3 Å². The fraction of sp³-hybridized carbons (Fsp3) is 0.0833. The number of rotatable bonds is 4. The molecule has 6 nitrogen and oxygen atoms in total. The fourth-order valence-corrected chi connectivity index (χ4v) is 2.32. The maximum Gasteiger partial charge on any atom is 0.339 e. The van der Waals surface area contributed by atoms with Gasteiger partial charge in [0, 0.05) is 5.38 Å². The predicted octanol–water partition coefficient (Wildman–Crippen LogP) is 2.82. The van der Waals surface area contributed by atoms with Crippen molar-refractivity contribution >= 4 is 40.6 Å². The van der Waals surface area contributed by atoms with Gasteiger partial charge in [0.15, 0.2) is 0 Å². The Labute approximate surface area is 123 Å². The van der Waals surface area contributed by atoms with E-state index in [4.69, 9.17) is 16.7 Å². The van der Waals surface area contributed by atoms with E-state index in [1.807, 2.05) is 5.38 Å². The van der Waals surface area contributed by atoms with Gasteiger partial charge in [-0.15, -0.1) is 11.3 Å². The Hall–Kier alpha value is -2.12. The Morgan fingerprint density at radius 2 is 2.20 bits per heavy atom. The molecule has 0 aliphatic carbocycles. The number of nitrogens with one attached hydrogen (secondary N) is 2. The number of halogens is 1. The number of thiazole rings is 1. The minimum Gasteiger partial charge on any atom is -0.478 e. The van der Waals surface area contributed by atoms with Crippen LogP contribution in [0.1, 0.15) is 16.1 Å². The number of benzene rings is 1. The fourth-order valence-electron chi connectivity index (χ4n) is 1.51. The van der Waals surface area contributed by atoms with Gasteiger partial charge in [0.25, 0.3) is 0 Å². The zero-order valence-corrected chi connectivity index (χ0v) is 11.7. The third-order valence-corrected chi connectivity index (χ3v) is 3.34. The van der Waals surface area contributed by atoms with Crippen molar-refractivity contribution in [2.45, 2.75) is 6.54 Å². The third kappa shape index (κ3) is 3.46. The molecular formula is C12H10ClN3O3S. The van der Waals surface area contributed by atoms with Crippen molar-refractivity contribution in [1.82, 2.24) is 10.3 Å². The lowest BCUT2D eigenvalue weighted by Crippen LogP contribution is -2.29. The zero-order valence-electron chi connectivity index (χ0n) is 10.1. The van der Waals surface area contributed by atoms with Crippen LogP contribution >= 0.6 is 22.9 Å². The minimum absolute atomic E-state index is 0.0646. The van der Waals surface area contributed by atoms with Gasteiger partial charge in [-0.3, -0.25) is 0 Å². The summed E-state index contributed by atoms with van der Waals surface area (Å²) >= 11 is 7.23. The molecule has 2 amide bonds. The summed E-state index contributed by atoms with van der Waals surface area (Å²) in [6, 6.07) is 3.95. The molecular weight excluding hydrogens is 302 g/mol. The van der Waals surface area contributed by atoms with Crippen LogP contribution in [0.4, 0.5) is 10.5 Å². The van der Waals surface area contributed by atoms with Gasteiger partial charge in [0.2, 0.25) is 0 Å². The maximum absolute atomic E-state index is 11.7. The smallest absolute Gasteiger partial charge is 0.339 e. The van der Waals surface area contributed by atoms with Crippen LogP contribution in [0.25, 0.3) is 0 Å². The predicted molar refractivity (Wildman–Crippen MR) is 76.4 cm³/mol. The molecule has 104 valence electrons. The number of carboxylic acid groups (broad SMARTS) is 1. The van der Waals surface area contributed by atoms with E-state index in [2.05, 4.69) is 15.6 Å². The van der Waals surface area contributed by atoms with Crippen molar-refractivity contribution in [3.05, 3.63) is 45.4 Å². The van der Waals surface area contributed by atoms with E-state index >= 15 is 0 Å². The molecule has 20 heavy (non-hydrogen) atoms. The number of nitrogens with zero attached hydrogens (tertiary/aromatic N) is 1. The van der Waals surface area contributed by atoms with Gasteiger partial charge in [0.05, 0.1) is 28.5 Å². The maximum atomic E-state index is 11.7. The molecule has 0 atom stereocenters. The Kier molecular flexibility index (Phi) is 4.54. The van der Waals surface area contributed by atoms with E-state index in [1.54, 1.807) is 11.6 Å². The Morgan fingerprint density at radius 1 is 1.40 bits per heavy atom. The van der Waals surface area contributed by atoms with Crippen molar-refractivity contribution < 1.29 is 14.7 Å². The molecule has 0 saturated heterocycles. The molecule has 1 aromatic carbocycles. The molecule has 0 unspecified atom stereocenters. The zero-order chi connectivity index (χ0) is 14.5. The summed E-state index contributed by atoms with van der Waals surface area (Å²) < 4.78 is 0. The van der Waals surface area contributed by atoms with Gasteiger partial charge in [-0.25, -0.2) is 14.6 Å².